The molecule has 0 aliphatic heterocycles. The number of nitrogens with two attached hydrogens (primary N) is 1. The summed E-state index contributed by atoms with van der Waals surface area (Å²) in [6, 6.07) is 27.5. The monoisotopic (exact) mass is 877 g/mol. The molecule has 14 heteroatoms. The number of carbonyl (C=O) groups is 2. The number of pyridine rings is 1. The first-order valence-electron chi connectivity index (χ1n) is 19.6. The van der Waals surface area contributed by atoms with Gasteiger partial charge in [-0.1, -0.05) is 79.7 Å². The first-order valence-corrected chi connectivity index (χ1v) is 20.4. The number of halogens is 1. The van der Waals surface area contributed by atoms with Crippen molar-refractivity contribution in [3.63, 3.8) is 0 Å². The number of phenols is 1. The van der Waals surface area contributed by atoms with Gasteiger partial charge in [0.05, 0.1) is 17.6 Å². The fourth-order valence-electron chi connectivity index (χ4n) is 8.49. The molecule has 0 bridgehead atoms. The summed E-state index contributed by atoms with van der Waals surface area (Å²) in [4.78, 5) is 36.0. The minimum absolute atomic E-state index is 0.116. The van der Waals surface area contributed by atoms with Gasteiger partial charge in [-0.25, -0.2) is 0 Å². The van der Waals surface area contributed by atoms with Gasteiger partial charge in [-0.2, -0.15) is 0 Å². The second kappa shape index (κ2) is 20.6. The number of fused-ring (bicyclic) bond motifs is 5. The predicted molar refractivity (Wildman–Crippen MR) is 227 cm³/mol. The molecule has 3 aromatic carbocycles. The van der Waals surface area contributed by atoms with Crippen LogP contribution < -0.4 is 5.73 Å². The molecule has 0 spiro atoms. The lowest BCUT2D eigenvalue weighted by Crippen LogP contribution is -2.44. The van der Waals surface area contributed by atoms with Gasteiger partial charge < -0.3 is 36.4 Å². The van der Waals surface area contributed by atoms with E-state index in [1.807, 2.05) is 92.7 Å². The van der Waals surface area contributed by atoms with Crippen LogP contribution in [0.2, 0.25) is 0 Å². The van der Waals surface area contributed by atoms with E-state index in [4.69, 9.17) is 21.1 Å². The van der Waals surface area contributed by atoms with Crippen LogP contribution in [0, 0.1) is 27.4 Å². The third-order valence-electron chi connectivity index (χ3n) is 12.1. The first-order chi connectivity index (χ1) is 27.9. The van der Waals surface area contributed by atoms with Crippen molar-refractivity contribution >= 4 is 27.7 Å². The number of hydrogen-bond acceptors (Lipinski definition) is 11. The Kier molecular flexibility index (Phi) is 16.5. The molecule has 1 heterocycles. The van der Waals surface area contributed by atoms with Crippen LogP contribution in [0.5, 0.6) is 5.75 Å². The Bertz CT molecular complexity index is 1980. The number of alkyl halides is 1. The van der Waals surface area contributed by atoms with Gasteiger partial charge in [0.25, 0.3) is 0 Å². The maximum Gasteiger partial charge on any atom is 0.320 e. The number of nitro groups is 1. The maximum absolute atomic E-state index is 12.4. The van der Waals surface area contributed by atoms with Crippen LogP contribution in [0.1, 0.15) is 85.0 Å². The van der Waals surface area contributed by atoms with Gasteiger partial charge in [0.2, 0.25) is 0 Å². The summed E-state index contributed by atoms with van der Waals surface area (Å²) >= 11 is 2.55. The summed E-state index contributed by atoms with van der Waals surface area (Å²) in [6.45, 7) is 4.58. The number of carboxylic acid groups (broad SMARTS) is 1. The number of aromatic nitrogens is 1. The quantitative estimate of drug-likeness (QED) is 0.0347. The van der Waals surface area contributed by atoms with Crippen molar-refractivity contribution in [1.29, 1.82) is 0 Å². The number of aromatic hydroxyl groups is 1. The molecular formula is C45H56BrN3O10. The van der Waals surface area contributed by atoms with Crippen LogP contribution in [-0.4, -0.2) is 88.2 Å². The summed E-state index contributed by atoms with van der Waals surface area (Å²) in [5.74, 6) is 1.03. The Balaban J connectivity index is 0.000000183. The Hall–Kier alpha value is -4.57. The second-order valence-corrected chi connectivity index (χ2v) is 17.8. The number of hydrogen-bond donors (Lipinski definition) is 7. The SMILES string of the molecule is CC(C)(C(=O)c1ccccc1)c1cccnc1.C[C@]12CC[C@@H]3c4ccc(O)cc4CC[C@H]3[C@@H]1C[C@H](O)[C@@H]2O.N[C@@H](Cc1ccccc1)C(=O)O.O=[N+]([O-])C(Br)(CO)CO. The van der Waals surface area contributed by atoms with E-state index in [-0.39, 0.29) is 11.2 Å². The molecular weight excluding hydrogens is 822 g/mol. The van der Waals surface area contributed by atoms with E-state index in [1.54, 1.807) is 18.5 Å². The number of carboxylic acids is 1. The maximum atomic E-state index is 12.4. The number of aliphatic hydroxyl groups is 4. The highest BCUT2D eigenvalue weighted by Crippen LogP contribution is 2.61. The van der Waals surface area contributed by atoms with E-state index >= 15 is 0 Å². The van der Waals surface area contributed by atoms with Gasteiger partial charge in [0.15, 0.2) is 5.78 Å². The predicted octanol–water partition coefficient (Wildman–Crippen LogP) is 5.80. The number of aliphatic carboxylic acids is 1. The lowest BCUT2D eigenvalue weighted by Gasteiger charge is -2.49. The third kappa shape index (κ3) is 11.4. The summed E-state index contributed by atoms with van der Waals surface area (Å²) < 4.78 is -1.77. The van der Waals surface area contributed by atoms with Crippen LogP contribution in [0.25, 0.3) is 0 Å². The fourth-order valence-corrected chi connectivity index (χ4v) is 8.49. The highest BCUT2D eigenvalue weighted by molar-refractivity contribution is 9.10. The van der Waals surface area contributed by atoms with Crippen molar-refractivity contribution in [2.75, 3.05) is 13.2 Å². The number of aliphatic hydroxyl groups excluding tert-OH is 4. The number of rotatable bonds is 9. The average molecular weight is 879 g/mol. The molecule has 0 radical (unpaired) electrons. The molecule has 3 aliphatic rings. The van der Waals surface area contributed by atoms with Crippen molar-refractivity contribution in [2.24, 2.45) is 23.0 Å². The largest absolute Gasteiger partial charge is 0.508 e. The zero-order chi connectivity index (χ0) is 43.5. The standard InChI is InChI=1S/C18H24O3.C15H15NO.C9H11NO2.C3H6BrNO4/c1-18-7-6-13-12-5-3-11(19)8-10(12)2-4-14(13)15(18)9-16(20)17(18)21;1-15(2,13-9-6-10-16-11-13)14(17)12-7-4-3-5-8-12;10-8(9(11)12)6-7-4-2-1-3-5-7;4-3(1-6,2-7)5(8)9/h3,5,8,13-17,19-21H,2,4,6-7,9H2,1H3;3-11H,1-2H3;1-5,8H,6,10H2,(H,11,12);6-7H,1-2H2/t13-,14-,15+,16+,17+,18+;;8-;/m1.0./s1. The number of phenolic OH excluding ortho intramolecular Hbond substituents is 1. The van der Waals surface area contributed by atoms with Crippen LogP contribution in [0.4, 0.5) is 0 Å². The molecule has 1 aromatic heterocycles. The molecule has 7 atom stereocenters. The number of Topliss-reactive ketones (excluding diaryl/α,β-unsaturated/α-hetero) is 1. The molecule has 59 heavy (non-hydrogen) atoms. The smallest absolute Gasteiger partial charge is 0.320 e. The third-order valence-corrected chi connectivity index (χ3v) is 12.9. The van der Waals surface area contributed by atoms with E-state index in [0.717, 1.165) is 48.8 Å². The molecule has 0 saturated heterocycles. The van der Waals surface area contributed by atoms with Gasteiger partial charge in [0, 0.05) is 38.8 Å². The van der Waals surface area contributed by atoms with Gasteiger partial charge in [-0.05, 0) is 116 Å². The van der Waals surface area contributed by atoms with E-state index in [9.17, 15) is 35.0 Å². The zero-order valence-corrected chi connectivity index (χ0v) is 35.2. The molecule has 0 amide bonds. The highest BCUT2D eigenvalue weighted by atomic mass is 79.9. The summed E-state index contributed by atoms with van der Waals surface area (Å²) in [5.41, 5.74) is 10.00. The molecule has 318 valence electrons. The van der Waals surface area contributed by atoms with E-state index < -0.39 is 52.2 Å². The number of aryl methyl sites for hydroxylation is 1. The van der Waals surface area contributed by atoms with Gasteiger partial charge in [-0.3, -0.25) is 24.7 Å². The minimum Gasteiger partial charge on any atom is -0.508 e. The van der Waals surface area contributed by atoms with Gasteiger partial charge in [0.1, 0.15) is 25.0 Å². The lowest BCUT2D eigenvalue weighted by molar-refractivity contribution is -0.542. The highest BCUT2D eigenvalue weighted by Gasteiger charge is 2.57. The minimum atomic E-state index is -1.77. The molecule has 3 aliphatic carbocycles. The van der Waals surface area contributed by atoms with Crippen LogP contribution in [-0.2, 0) is 23.1 Å². The number of ketones is 1. The topological polar surface area (TPSA) is 238 Å². The van der Waals surface area contributed by atoms with Crippen LogP contribution in [0.15, 0.2) is 103 Å². The number of benzene rings is 3. The van der Waals surface area contributed by atoms with Crippen molar-refractivity contribution in [3.05, 3.63) is 141 Å². The number of carbonyl (C=O) groups excluding carboxylic acids is 1. The Morgan fingerprint density at radius 1 is 0.983 bits per heavy atom. The summed E-state index contributed by atoms with van der Waals surface area (Å²) in [7, 11) is 0. The van der Waals surface area contributed by atoms with Crippen molar-refractivity contribution in [3.8, 4) is 5.75 Å². The first kappa shape index (κ1) is 47.1. The normalized spacial score (nSPS) is 23.4. The van der Waals surface area contributed by atoms with E-state index in [1.165, 1.54) is 11.1 Å². The van der Waals surface area contributed by atoms with Crippen molar-refractivity contribution in [1.82, 2.24) is 4.98 Å². The van der Waals surface area contributed by atoms with E-state index in [2.05, 4.69) is 33.9 Å². The van der Waals surface area contributed by atoms with Gasteiger partial charge in [-0.15, -0.1) is 0 Å². The Morgan fingerprint density at radius 2 is 1.61 bits per heavy atom. The molecule has 7 rings (SSSR count). The molecule has 4 aromatic rings. The molecule has 8 N–H and O–H groups in total. The van der Waals surface area contributed by atoms with E-state index in [0.29, 0.717) is 29.9 Å². The van der Waals surface area contributed by atoms with Crippen LogP contribution >= 0.6 is 15.9 Å². The lowest BCUT2D eigenvalue weighted by atomic mass is 9.55. The summed E-state index contributed by atoms with van der Waals surface area (Å²) in [5, 5.41) is 65.3. The molecule has 13 nitrogen and oxygen atoms in total. The molecule has 0 unspecified atom stereocenters. The van der Waals surface area contributed by atoms with Crippen molar-refractivity contribution in [2.45, 2.75) is 93.3 Å². The second-order valence-electron chi connectivity index (χ2n) is 16.3. The molecule has 2 fully saturated rings. The zero-order valence-electron chi connectivity index (χ0n) is 33.6. The fraction of sp³-hybridized carbons (Fsp3) is 0.444. The average Bonchev–Trinajstić information content (AvgIpc) is 3.48. The Morgan fingerprint density at radius 3 is 2.15 bits per heavy atom. The molecule has 2 saturated carbocycles. The number of nitrogens with zero attached hydrogens (tertiary/aromatic N) is 2. The van der Waals surface area contributed by atoms with Gasteiger partial charge >= 0.3 is 10.4 Å². The summed E-state index contributed by atoms with van der Waals surface area (Å²) in [6.07, 6.45) is 7.65. The Labute approximate surface area is 353 Å². The van der Waals surface area contributed by atoms with Crippen LogP contribution in [0.3, 0.4) is 0 Å². The van der Waals surface area contributed by atoms with Crippen molar-refractivity contribution < 1.29 is 45.2 Å².